The highest BCUT2D eigenvalue weighted by Crippen LogP contribution is 2.59. The Morgan fingerprint density at radius 1 is 1.23 bits per heavy atom. The zero-order valence-corrected chi connectivity index (χ0v) is 16.3. The third-order valence-electron chi connectivity index (χ3n) is 5.89. The van der Waals surface area contributed by atoms with E-state index in [4.69, 9.17) is 4.42 Å². The van der Waals surface area contributed by atoms with Crippen molar-refractivity contribution in [1.29, 1.82) is 0 Å². The maximum Gasteiger partial charge on any atom is 0.228 e. The van der Waals surface area contributed by atoms with Gasteiger partial charge in [-0.3, -0.25) is 9.69 Å². The van der Waals surface area contributed by atoms with E-state index in [0.717, 1.165) is 56.1 Å². The Labute approximate surface area is 159 Å². The molecule has 4 rings (SSSR count). The summed E-state index contributed by atoms with van der Waals surface area (Å²) in [6.07, 6.45) is 5.31. The lowest BCUT2D eigenvalue weighted by Gasteiger charge is -2.32. The standard InChI is InChI=1S/C21H26N2O2S/c1-15-3-6-17(25-15)14-23-11-9-21(10-12-23)13-19(21)20(24)22-16-4-7-18(26-2)8-5-16/h3-8,19H,9-14H2,1-2H3,(H,22,24). The van der Waals surface area contributed by atoms with Crippen LogP contribution in [0.3, 0.4) is 0 Å². The van der Waals surface area contributed by atoms with Gasteiger partial charge in [-0.1, -0.05) is 0 Å². The molecular weight excluding hydrogens is 344 g/mol. The minimum absolute atomic E-state index is 0.177. The zero-order valence-electron chi connectivity index (χ0n) is 15.5. The molecule has 0 radical (unpaired) electrons. The van der Waals surface area contributed by atoms with Crippen LogP contribution < -0.4 is 5.32 Å². The molecule has 1 saturated heterocycles. The summed E-state index contributed by atoms with van der Waals surface area (Å²) in [6, 6.07) is 12.2. The van der Waals surface area contributed by atoms with Crippen molar-refractivity contribution in [2.24, 2.45) is 11.3 Å². The molecular formula is C21H26N2O2S. The van der Waals surface area contributed by atoms with E-state index < -0.39 is 0 Å². The molecule has 138 valence electrons. The monoisotopic (exact) mass is 370 g/mol. The number of nitrogens with zero attached hydrogens (tertiary/aromatic N) is 1. The minimum atomic E-state index is 0.177. The van der Waals surface area contributed by atoms with E-state index in [0.29, 0.717) is 0 Å². The first-order chi connectivity index (χ1) is 12.6. The Kier molecular flexibility index (Phi) is 4.84. The molecule has 1 aliphatic carbocycles. The zero-order chi connectivity index (χ0) is 18.1. The molecule has 1 unspecified atom stereocenters. The topological polar surface area (TPSA) is 45.5 Å². The first-order valence-corrected chi connectivity index (χ1v) is 10.5. The van der Waals surface area contributed by atoms with Crippen LogP contribution in [0.25, 0.3) is 0 Å². The fraction of sp³-hybridized carbons (Fsp3) is 0.476. The number of furan rings is 1. The summed E-state index contributed by atoms with van der Waals surface area (Å²) in [4.78, 5) is 16.3. The number of amides is 1. The van der Waals surface area contributed by atoms with Crippen LogP contribution in [-0.4, -0.2) is 30.2 Å². The molecule has 1 atom stereocenters. The SMILES string of the molecule is CSc1ccc(NC(=O)C2CC23CCN(Cc2ccc(C)o2)CC3)cc1. The lowest BCUT2D eigenvalue weighted by molar-refractivity contribution is -0.118. The van der Waals surface area contributed by atoms with Crippen LogP contribution in [0.1, 0.15) is 30.8 Å². The molecule has 2 fully saturated rings. The smallest absolute Gasteiger partial charge is 0.228 e. The fourth-order valence-corrected chi connectivity index (χ4v) is 4.53. The number of rotatable bonds is 5. The lowest BCUT2D eigenvalue weighted by atomic mass is 9.90. The molecule has 0 bridgehead atoms. The van der Waals surface area contributed by atoms with Crippen molar-refractivity contribution in [2.45, 2.75) is 37.6 Å². The highest BCUT2D eigenvalue weighted by Gasteiger charge is 2.58. The van der Waals surface area contributed by atoms with Crippen LogP contribution in [0.2, 0.25) is 0 Å². The molecule has 2 heterocycles. The molecule has 1 aromatic heterocycles. The number of anilines is 1. The number of nitrogens with one attached hydrogen (secondary N) is 1. The maximum absolute atomic E-state index is 12.6. The van der Waals surface area contributed by atoms with E-state index in [9.17, 15) is 4.79 Å². The second-order valence-corrected chi connectivity index (χ2v) is 8.50. The summed E-state index contributed by atoms with van der Waals surface area (Å²) in [5, 5.41) is 3.10. The van der Waals surface area contributed by atoms with Gasteiger partial charge in [0, 0.05) is 16.5 Å². The van der Waals surface area contributed by atoms with Crippen molar-refractivity contribution in [3.63, 3.8) is 0 Å². The van der Waals surface area contributed by atoms with Crippen LogP contribution in [0, 0.1) is 18.3 Å². The summed E-state index contributed by atoms with van der Waals surface area (Å²) in [5.74, 6) is 2.38. The van der Waals surface area contributed by atoms with E-state index in [1.165, 1.54) is 4.90 Å². The van der Waals surface area contributed by atoms with Gasteiger partial charge in [-0.2, -0.15) is 0 Å². The van der Waals surface area contributed by atoms with Crippen molar-refractivity contribution in [2.75, 3.05) is 24.7 Å². The van der Waals surface area contributed by atoms with Crippen LogP contribution in [0.4, 0.5) is 5.69 Å². The van der Waals surface area contributed by atoms with Crippen molar-refractivity contribution >= 4 is 23.4 Å². The Balaban J connectivity index is 1.28. The number of thioether (sulfide) groups is 1. The summed E-state index contributed by atoms with van der Waals surface area (Å²) in [6.45, 7) is 4.96. The summed E-state index contributed by atoms with van der Waals surface area (Å²) >= 11 is 1.71. The molecule has 26 heavy (non-hydrogen) atoms. The van der Waals surface area contributed by atoms with Gasteiger partial charge in [0.05, 0.1) is 6.54 Å². The fourth-order valence-electron chi connectivity index (χ4n) is 4.12. The van der Waals surface area contributed by atoms with Gasteiger partial charge in [-0.25, -0.2) is 0 Å². The number of carbonyl (C=O) groups excluding carboxylic acids is 1. The first kappa shape index (κ1) is 17.7. The normalized spacial score (nSPS) is 21.7. The van der Waals surface area contributed by atoms with Gasteiger partial charge < -0.3 is 9.73 Å². The van der Waals surface area contributed by atoms with Gasteiger partial charge in [-0.15, -0.1) is 11.8 Å². The van der Waals surface area contributed by atoms with E-state index in [1.807, 2.05) is 25.1 Å². The number of carbonyl (C=O) groups is 1. The predicted molar refractivity (Wildman–Crippen MR) is 105 cm³/mol. The first-order valence-electron chi connectivity index (χ1n) is 9.31. The predicted octanol–water partition coefficient (Wildman–Crippen LogP) is 4.55. The number of hydrogen-bond acceptors (Lipinski definition) is 4. The highest BCUT2D eigenvalue weighted by atomic mass is 32.2. The largest absolute Gasteiger partial charge is 0.465 e. The molecule has 1 aliphatic heterocycles. The van der Waals surface area contributed by atoms with E-state index in [2.05, 4.69) is 34.7 Å². The van der Waals surface area contributed by atoms with E-state index in [-0.39, 0.29) is 17.2 Å². The molecule has 5 heteroatoms. The summed E-state index contributed by atoms with van der Waals surface area (Å²) < 4.78 is 5.69. The molecule has 1 spiro atoms. The molecule has 1 amide bonds. The number of hydrogen-bond donors (Lipinski definition) is 1. The Bertz CT molecular complexity index is 776. The Hall–Kier alpha value is -1.72. The second kappa shape index (κ2) is 7.12. The second-order valence-electron chi connectivity index (χ2n) is 7.63. The van der Waals surface area contributed by atoms with E-state index >= 15 is 0 Å². The Morgan fingerprint density at radius 2 is 1.96 bits per heavy atom. The average Bonchev–Trinajstić information content (AvgIpc) is 3.21. The van der Waals surface area contributed by atoms with Crippen LogP contribution in [0.5, 0.6) is 0 Å². The van der Waals surface area contributed by atoms with Crippen LogP contribution in [0.15, 0.2) is 45.7 Å². The third kappa shape index (κ3) is 3.69. The number of benzene rings is 1. The minimum Gasteiger partial charge on any atom is -0.465 e. The molecule has 1 saturated carbocycles. The summed E-state index contributed by atoms with van der Waals surface area (Å²) in [7, 11) is 0. The third-order valence-corrected chi connectivity index (χ3v) is 6.63. The summed E-state index contributed by atoms with van der Waals surface area (Å²) in [5.41, 5.74) is 1.14. The van der Waals surface area contributed by atoms with Gasteiger partial charge in [0.25, 0.3) is 0 Å². The number of likely N-dealkylation sites (tertiary alicyclic amines) is 1. The molecule has 1 aromatic carbocycles. The lowest BCUT2D eigenvalue weighted by Crippen LogP contribution is -2.35. The highest BCUT2D eigenvalue weighted by molar-refractivity contribution is 7.98. The van der Waals surface area contributed by atoms with Gasteiger partial charge in [-0.05, 0) is 87.3 Å². The van der Waals surface area contributed by atoms with Gasteiger partial charge >= 0.3 is 0 Å². The van der Waals surface area contributed by atoms with Crippen molar-refractivity contribution < 1.29 is 9.21 Å². The van der Waals surface area contributed by atoms with Crippen LogP contribution in [-0.2, 0) is 11.3 Å². The van der Waals surface area contributed by atoms with Gasteiger partial charge in [0.1, 0.15) is 11.5 Å². The van der Waals surface area contributed by atoms with Crippen molar-refractivity contribution in [1.82, 2.24) is 4.90 Å². The molecule has 4 nitrogen and oxygen atoms in total. The van der Waals surface area contributed by atoms with Crippen LogP contribution >= 0.6 is 11.8 Å². The van der Waals surface area contributed by atoms with Gasteiger partial charge in [0.2, 0.25) is 5.91 Å². The van der Waals surface area contributed by atoms with Gasteiger partial charge in [0.15, 0.2) is 0 Å². The van der Waals surface area contributed by atoms with Crippen molar-refractivity contribution in [3.8, 4) is 0 Å². The Morgan fingerprint density at radius 3 is 2.58 bits per heavy atom. The molecule has 2 aliphatic rings. The van der Waals surface area contributed by atoms with Crippen molar-refractivity contribution in [3.05, 3.63) is 47.9 Å². The van der Waals surface area contributed by atoms with E-state index in [1.54, 1.807) is 11.8 Å². The quantitative estimate of drug-likeness (QED) is 0.784. The number of piperidine rings is 1. The number of aryl methyl sites for hydroxylation is 1. The molecule has 2 aromatic rings. The molecule has 1 N–H and O–H groups in total. The average molecular weight is 371 g/mol. The maximum atomic E-state index is 12.6.